The summed E-state index contributed by atoms with van der Waals surface area (Å²) >= 11 is 0. The molecule has 2 fully saturated rings. The van der Waals surface area contributed by atoms with Crippen LogP contribution < -0.4 is 10.1 Å². The van der Waals surface area contributed by atoms with Crippen LogP contribution in [0, 0.1) is 0 Å². The number of hydrogen-bond acceptors (Lipinski definition) is 5. The number of nitrogens with one attached hydrogen (secondary N) is 1. The van der Waals surface area contributed by atoms with Crippen molar-refractivity contribution in [3.05, 3.63) is 24.3 Å². The zero-order valence-electron chi connectivity index (χ0n) is 15.4. The minimum Gasteiger partial charge on any atom is -0.497 e. The van der Waals surface area contributed by atoms with Gasteiger partial charge in [0, 0.05) is 45.0 Å². The Hall–Kier alpha value is -2.12. The first-order chi connectivity index (χ1) is 12.6. The fraction of sp³-hybridized carbons (Fsp3) is 0.579. The summed E-state index contributed by atoms with van der Waals surface area (Å²) in [5.41, 5.74) is 0.769. The molecule has 1 N–H and O–H groups in total. The molecule has 0 saturated carbocycles. The van der Waals surface area contributed by atoms with Crippen LogP contribution in [0.1, 0.15) is 12.8 Å². The van der Waals surface area contributed by atoms with E-state index in [9.17, 15) is 9.59 Å². The smallest absolute Gasteiger partial charge is 0.238 e. The third kappa shape index (κ3) is 5.19. The van der Waals surface area contributed by atoms with Crippen molar-refractivity contribution in [2.75, 3.05) is 64.8 Å². The van der Waals surface area contributed by atoms with E-state index in [2.05, 4.69) is 15.1 Å². The monoisotopic (exact) mass is 360 g/mol. The van der Waals surface area contributed by atoms with Gasteiger partial charge >= 0.3 is 0 Å². The van der Waals surface area contributed by atoms with Crippen molar-refractivity contribution in [2.24, 2.45) is 0 Å². The standard InChI is InChI=1S/C19H28N4O3/c1-26-17-6-4-16(5-7-17)20-18(24)14-21-10-12-22(13-11-21)15-19(25)23-8-2-3-9-23/h4-7H,2-3,8-15H2,1H3,(H,20,24). The number of carbonyl (C=O) groups excluding carboxylic acids is 2. The van der Waals surface area contributed by atoms with Gasteiger partial charge in [0.1, 0.15) is 5.75 Å². The lowest BCUT2D eigenvalue weighted by Crippen LogP contribution is -2.51. The summed E-state index contributed by atoms with van der Waals surface area (Å²) in [6.45, 7) is 5.97. The third-order valence-corrected chi connectivity index (χ3v) is 5.02. The molecule has 2 aliphatic rings. The van der Waals surface area contributed by atoms with Gasteiger partial charge in [-0.3, -0.25) is 19.4 Å². The molecule has 0 aromatic heterocycles. The van der Waals surface area contributed by atoms with Crippen LogP contribution >= 0.6 is 0 Å². The van der Waals surface area contributed by atoms with Gasteiger partial charge in [0.25, 0.3) is 0 Å². The van der Waals surface area contributed by atoms with E-state index in [1.54, 1.807) is 7.11 Å². The number of nitrogens with zero attached hydrogens (tertiary/aromatic N) is 3. The zero-order valence-corrected chi connectivity index (χ0v) is 15.4. The van der Waals surface area contributed by atoms with Crippen LogP contribution in [0.15, 0.2) is 24.3 Å². The molecule has 142 valence electrons. The Bertz CT molecular complexity index is 606. The summed E-state index contributed by atoms with van der Waals surface area (Å²) in [7, 11) is 1.62. The summed E-state index contributed by atoms with van der Waals surface area (Å²) in [5.74, 6) is 0.993. The number of hydrogen-bond donors (Lipinski definition) is 1. The molecule has 0 bridgehead atoms. The highest BCUT2D eigenvalue weighted by Gasteiger charge is 2.24. The lowest BCUT2D eigenvalue weighted by Gasteiger charge is -2.34. The van der Waals surface area contributed by atoms with Crippen LogP contribution in [0.2, 0.25) is 0 Å². The SMILES string of the molecule is COc1ccc(NC(=O)CN2CCN(CC(=O)N3CCCC3)CC2)cc1. The molecule has 0 atom stereocenters. The van der Waals surface area contributed by atoms with Gasteiger partial charge in [-0.15, -0.1) is 0 Å². The number of carbonyl (C=O) groups is 2. The fourth-order valence-electron chi connectivity index (χ4n) is 3.44. The molecule has 0 aliphatic carbocycles. The van der Waals surface area contributed by atoms with Crippen LogP contribution in [0.25, 0.3) is 0 Å². The first kappa shape index (κ1) is 18.7. The van der Waals surface area contributed by atoms with Gasteiger partial charge in [0.2, 0.25) is 11.8 Å². The van der Waals surface area contributed by atoms with Gasteiger partial charge in [-0.25, -0.2) is 0 Å². The average Bonchev–Trinajstić information content (AvgIpc) is 3.19. The third-order valence-electron chi connectivity index (χ3n) is 5.02. The number of likely N-dealkylation sites (tertiary alicyclic amines) is 1. The zero-order chi connectivity index (χ0) is 18.4. The topological polar surface area (TPSA) is 65.1 Å². The maximum Gasteiger partial charge on any atom is 0.238 e. The van der Waals surface area contributed by atoms with Gasteiger partial charge in [0.05, 0.1) is 20.2 Å². The first-order valence-electron chi connectivity index (χ1n) is 9.30. The largest absolute Gasteiger partial charge is 0.497 e. The van der Waals surface area contributed by atoms with E-state index < -0.39 is 0 Å². The van der Waals surface area contributed by atoms with Gasteiger partial charge < -0.3 is 15.0 Å². The number of benzene rings is 1. The van der Waals surface area contributed by atoms with Gasteiger partial charge in [0.15, 0.2) is 0 Å². The molecule has 7 heteroatoms. The maximum absolute atomic E-state index is 12.2. The molecular weight excluding hydrogens is 332 g/mol. The molecule has 1 aromatic rings. The summed E-state index contributed by atoms with van der Waals surface area (Å²) in [6, 6.07) is 7.31. The highest BCUT2D eigenvalue weighted by atomic mass is 16.5. The minimum atomic E-state index is -0.0169. The number of amides is 2. The predicted octanol–water partition coefficient (Wildman–Crippen LogP) is 0.874. The Morgan fingerprint density at radius 3 is 2.08 bits per heavy atom. The normalized spacial score (nSPS) is 18.7. The molecule has 0 spiro atoms. The van der Waals surface area contributed by atoms with Crippen LogP contribution in [0.4, 0.5) is 5.69 Å². The number of piperazine rings is 1. The highest BCUT2D eigenvalue weighted by molar-refractivity contribution is 5.92. The van der Waals surface area contributed by atoms with Crippen molar-refractivity contribution in [3.63, 3.8) is 0 Å². The number of anilines is 1. The Kier molecular flexibility index (Phi) is 6.46. The van der Waals surface area contributed by atoms with E-state index in [0.29, 0.717) is 13.1 Å². The number of rotatable bonds is 6. The van der Waals surface area contributed by atoms with Gasteiger partial charge in [-0.05, 0) is 37.1 Å². The fourth-order valence-corrected chi connectivity index (χ4v) is 3.44. The van der Waals surface area contributed by atoms with Crippen LogP contribution in [-0.2, 0) is 9.59 Å². The Morgan fingerprint density at radius 1 is 0.923 bits per heavy atom. The molecule has 26 heavy (non-hydrogen) atoms. The summed E-state index contributed by atoms with van der Waals surface area (Å²) in [6.07, 6.45) is 2.26. The summed E-state index contributed by atoms with van der Waals surface area (Å²) in [4.78, 5) is 30.7. The van der Waals surface area contributed by atoms with Crippen molar-refractivity contribution >= 4 is 17.5 Å². The number of ether oxygens (including phenoxy) is 1. The van der Waals surface area contributed by atoms with Crippen LogP contribution in [0.5, 0.6) is 5.75 Å². The second kappa shape index (κ2) is 9.00. The van der Waals surface area contributed by atoms with Crippen LogP contribution in [-0.4, -0.2) is 86.0 Å². The molecule has 2 heterocycles. The van der Waals surface area contributed by atoms with Crippen molar-refractivity contribution in [3.8, 4) is 5.75 Å². The number of methoxy groups -OCH3 is 1. The van der Waals surface area contributed by atoms with E-state index in [1.807, 2.05) is 29.2 Å². The van der Waals surface area contributed by atoms with Crippen molar-refractivity contribution in [1.82, 2.24) is 14.7 Å². The van der Waals surface area contributed by atoms with Crippen molar-refractivity contribution in [2.45, 2.75) is 12.8 Å². The Morgan fingerprint density at radius 2 is 1.50 bits per heavy atom. The molecule has 7 nitrogen and oxygen atoms in total. The molecule has 2 amide bonds. The first-order valence-corrected chi connectivity index (χ1v) is 9.30. The minimum absolute atomic E-state index is 0.0169. The molecule has 2 saturated heterocycles. The Labute approximate surface area is 154 Å². The quantitative estimate of drug-likeness (QED) is 0.816. The Balaban J connectivity index is 1.37. The van der Waals surface area contributed by atoms with Crippen molar-refractivity contribution < 1.29 is 14.3 Å². The van der Waals surface area contributed by atoms with E-state index in [1.165, 1.54) is 0 Å². The second-order valence-corrected chi connectivity index (χ2v) is 6.92. The van der Waals surface area contributed by atoms with E-state index >= 15 is 0 Å². The average molecular weight is 360 g/mol. The van der Waals surface area contributed by atoms with Gasteiger partial charge in [-0.1, -0.05) is 0 Å². The molecule has 0 unspecified atom stereocenters. The molecule has 3 rings (SSSR count). The summed E-state index contributed by atoms with van der Waals surface area (Å²) < 4.78 is 5.11. The van der Waals surface area contributed by atoms with Gasteiger partial charge in [-0.2, -0.15) is 0 Å². The van der Waals surface area contributed by atoms with Crippen LogP contribution in [0.3, 0.4) is 0 Å². The lowest BCUT2D eigenvalue weighted by atomic mass is 10.2. The molecule has 0 radical (unpaired) electrons. The second-order valence-electron chi connectivity index (χ2n) is 6.92. The molecule has 1 aromatic carbocycles. The summed E-state index contributed by atoms with van der Waals surface area (Å²) in [5, 5.41) is 2.91. The van der Waals surface area contributed by atoms with E-state index in [0.717, 1.165) is 63.5 Å². The maximum atomic E-state index is 12.2. The van der Waals surface area contributed by atoms with E-state index in [4.69, 9.17) is 4.74 Å². The molecule has 2 aliphatic heterocycles. The van der Waals surface area contributed by atoms with Crippen molar-refractivity contribution in [1.29, 1.82) is 0 Å². The lowest BCUT2D eigenvalue weighted by molar-refractivity contribution is -0.132. The highest BCUT2D eigenvalue weighted by Crippen LogP contribution is 2.15. The molecular formula is C19H28N4O3. The van der Waals surface area contributed by atoms with E-state index in [-0.39, 0.29) is 11.8 Å². The predicted molar refractivity (Wildman–Crippen MR) is 100 cm³/mol.